The van der Waals surface area contributed by atoms with Gasteiger partial charge < -0.3 is 10.2 Å². The van der Waals surface area contributed by atoms with Crippen LogP contribution in [0.5, 0.6) is 0 Å². The highest BCUT2D eigenvalue weighted by Gasteiger charge is 2.32. The Balaban J connectivity index is 2.02. The fourth-order valence-corrected chi connectivity index (χ4v) is 5.49. The average molecular weight is 558 g/mol. The van der Waals surface area contributed by atoms with Crippen molar-refractivity contribution in [1.29, 1.82) is 0 Å². The standard InChI is InChI=1S/C26H28BrN3O4S/c1-19-9-7-10-21(15-19)17-29(20(2)26(32)28-3)25(31)18-30(23-12-8-11-22(27)16-23)35(33,34)24-13-5-4-6-14-24/h4-16,20H,17-18H2,1-3H3,(H,28,32)/t20-/m0/s1. The SMILES string of the molecule is CNC(=O)[C@H](C)N(Cc1cccc(C)c1)C(=O)CN(c1cccc(Br)c1)S(=O)(=O)c1ccccc1. The van der Waals surface area contributed by atoms with Crippen molar-refractivity contribution in [2.24, 2.45) is 0 Å². The first-order valence-corrected chi connectivity index (χ1v) is 13.3. The number of hydrogen-bond donors (Lipinski definition) is 1. The Bertz CT molecular complexity index is 1300. The Kier molecular flexibility index (Phi) is 8.69. The number of benzene rings is 3. The summed E-state index contributed by atoms with van der Waals surface area (Å²) in [6.07, 6.45) is 0. The lowest BCUT2D eigenvalue weighted by Gasteiger charge is -2.32. The van der Waals surface area contributed by atoms with Gasteiger partial charge in [-0.1, -0.05) is 70.0 Å². The number of nitrogens with zero attached hydrogens (tertiary/aromatic N) is 2. The number of carbonyl (C=O) groups excluding carboxylic acids is 2. The zero-order chi connectivity index (χ0) is 25.6. The monoisotopic (exact) mass is 557 g/mol. The van der Waals surface area contributed by atoms with Crippen molar-refractivity contribution in [3.8, 4) is 0 Å². The third kappa shape index (κ3) is 6.49. The van der Waals surface area contributed by atoms with E-state index in [4.69, 9.17) is 0 Å². The number of amides is 2. The number of halogens is 1. The highest BCUT2D eigenvalue weighted by Crippen LogP contribution is 2.27. The van der Waals surface area contributed by atoms with Crippen LogP contribution in [0.2, 0.25) is 0 Å². The van der Waals surface area contributed by atoms with E-state index in [9.17, 15) is 18.0 Å². The minimum Gasteiger partial charge on any atom is -0.357 e. The molecule has 0 aromatic heterocycles. The number of carbonyl (C=O) groups is 2. The topological polar surface area (TPSA) is 86.8 Å². The molecule has 1 atom stereocenters. The van der Waals surface area contributed by atoms with Crippen LogP contribution >= 0.6 is 15.9 Å². The molecule has 0 spiro atoms. The smallest absolute Gasteiger partial charge is 0.264 e. The fourth-order valence-electron chi connectivity index (χ4n) is 3.68. The van der Waals surface area contributed by atoms with Gasteiger partial charge in [0.2, 0.25) is 11.8 Å². The molecule has 0 heterocycles. The summed E-state index contributed by atoms with van der Waals surface area (Å²) in [6.45, 7) is 3.26. The molecule has 3 aromatic rings. The minimum absolute atomic E-state index is 0.0670. The molecule has 9 heteroatoms. The fraction of sp³-hybridized carbons (Fsp3) is 0.231. The Morgan fingerprint density at radius 3 is 2.29 bits per heavy atom. The highest BCUT2D eigenvalue weighted by molar-refractivity contribution is 9.10. The number of rotatable bonds is 9. The van der Waals surface area contributed by atoms with Gasteiger partial charge in [0.1, 0.15) is 12.6 Å². The van der Waals surface area contributed by atoms with Gasteiger partial charge in [-0.25, -0.2) is 8.42 Å². The Hall–Kier alpha value is -3.17. The van der Waals surface area contributed by atoms with Gasteiger partial charge in [0.15, 0.2) is 0 Å². The predicted octanol–water partition coefficient (Wildman–Crippen LogP) is 4.12. The van der Waals surface area contributed by atoms with E-state index in [0.29, 0.717) is 10.2 Å². The van der Waals surface area contributed by atoms with Gasteiger partial charge in [0.25, 0.3) is 10.0 Å². The summed E-state index contributed by atoms with van der Waals surface area (Å²) in [5, 5.41) is 2.57. The summed E-state index contributed by atoms with van der Waals surface area (Å²) in [5.74, 6) is -0.840. The van der Waals surface area contributed by atoms with Crippen molar-refractivity contribution in [3.63, 3.8) is 0 Å². The van der Waals surface area contributed by atoms with E-state index in [-0.39, 0.29) is 17.3 Å². The number of aryl methyl sites for hydroxylation is 1. The first-order chi connectivity index (χ1) is 16.6. The number of nitrogens with one attached hydrogen (secondary N) is 1. The maximum absolute atomic E-state index is 13.7. The molecular weight excluding hydrogens is 530 g/mol. The molecule has 0 saturated heterocycles. The molecule has 184 valence electrons. The number of anilines is 1. The Labute approximate surface area is 214 Å². The maximum atomic E-state index is 13.7. The summed E-state index contributed by atoms with van der Waals surface area (Å²) >= 11 is 3.38. The van der Waals surface area contributed by atoms with Crippen molar-refractivity contribution in [3.05, 3.63) is 94.5 Å². The van der Waals surface area contributed by atoms with E-state index >= 15 is 0 Å². The lowest BCUT2D eigenvalue weighted by Crippen LogP contribution is -2.50. The van der Waals surface area contributed by atoms with Crippen LogP contribution in [0.15, 0.2) is 88.2 Å². The number of sulfonamides is 1. The van der Waals surface area contributed by atoms with Gasteiger partial charge in [-0.3, -0.25) is 13.9 Å². The summed E-state index contributed by atoms with van der Waals surface area (Å²) in [6, 6.07) is 21.5. The number of likely N-dealkylation sites (N-methyl/N-ethyl adjacent to an activating group) is 1. The van der Waals surface area contributed by atoms with Crippen LogP contribution in [0, 0.1) is 6.92 Å². The first-order valence-electron chi connectivity index (χ1n) is 11.0. The van der Waals surface area contributed by atoms with E-state index in [0.717, 1.165) is 15.4 Å². The molecule has 0 saturated carbocycles. The Morgan fingerprint density at radius 2 is 1.66 bits per heavy atom. The van der Waals surface area contributed by atoms with E-state index in [2.05, 4.69) is 21.2 Å². The minimum atomic E-state index is -4.07. The van der Waals surface area contributed by atoms with Crippen molar-refractivity contribution in [1.82, 2.24) is 10.2 Å². The summed E-state index contributed by atoms with van der Waals surface area (Å²) in [7, 11) is -2.56. The van der Waals surface area contributed by atoms with Crippen molar-refractivity contribution in [2.45, 2.75) is 31.3 Å². The largest absolute Gasteiger partial charge is 0.357 e. The zero-order valence-corrected chi connectivity index (χ0v) is 22.2. The van der Waals surface area contributed by atoms with Crippen molar-refractivity contribution >= 4 is 43.5 Å². The van der Waals surface area contributed by atoms with Gasteiger partial charge in [0.05, 0.1) is 10.6 Å². The summed E-state index contributed by atoms with van der Waals surface area (Å²) in [5.41, 5.74) is 2.19. The molecule has 35 heavy (non-hydrogen) atoms. The van der Waals surface area contributed by atoms with Crippen molar-refractivity contribution in [2.75, 3.05) is 17.9 Å². The van der Waals surface area contributed by atoms with Crippen LogP contribution in [0.25, 0.3) is 0 Å². The summed E-state index contributed by atoms with van der Waals surface area (Å²) in [4.78, 5) is 27.6. The molecule has 0 bridgehead atoms. The second-order valence-corrected chi connectivity index (χ2v) is 10.9. The molecule has 0 radical (unpaired) electrons. The molecule has 2 amide bonds. The quantitative estimate of drug-likeness (QED) is 0.428. The lowest BCUT2D eigenvalue weighted by atomic mass is 10.1. The molecule has 3 aromatic carbocycles. The molecule has 7 nitrogen and oxygen atoms in total. The van der Waals surface area contributed by atoms with Crippen LogP contribution < -0.4 is 9.62 Å². The highest BCUT2D eigenvalue weighted by atomic mass is 79.9. The average Bonchev–Trinajstić information content (AvgIpc) is 2.85. The second-order valence-electron chi connectivity index (χ2n) is 8.11. The van der Waals surface area contributed by atoms with Crippen LogP contribution in [0.3, 0.4) is 0 Å². The van der Waals surface area contributed by atoms with E-state index in [1.54, 1.807) is 49.4 Å². The van der Waals surface area contributed by atoms with E-state index in [1.807, 2.05) is 31.2 Å². The van der Waals surface area contributed by atoms with Crippen LogP contribution in [-0.4, -0.2) is 44.8 Å². The van der Waals surface area contributed by atoms with Gasteiger partial charge in [-0.05, 0) is 49.7 Å². The van der Waals surface area contributed by atoms with E-state index < -0.39 is 28.5 Å². The molecule has 0 aliphatic carbocycles. The first kappa shape index (κ1) is 26.4. The molecule has 0 aliphatic rings. The molecule has 0 unspecified atom stereocenters. The molecule has 0 fully saturated rings. The van der Waals surface area contributed by atoms with Crippen molar-refractivity contribution < 1.29 is 18.0 Å². The normalized spacial score (nSPS) is 12.0. The summed E-state index contributed by atoms with van der Waals surface area (Å²) < 4.78 is 29.0. The predicted molar refractivity (Wildman–Crippen MR) is 140 cm³/mol. The molecule has 1 N–H and O–H groups in total. The zero-order valence-electron chi connectivity index (χ0n) is 19.8. The van der Waals surface area contributed by atoms with Crippen LogP contribution in [0.4, 0.5) is 5.69 Å². The van der Waals surface area contributed by atoms with Gasteiger partial charge in [-0.2, -0.15) is 0 Å². The molecule has 0 aliphatic heterocycles. The van der Waals surface area contributed by atoms with Crippen LogP contribution in [0.1, 0.15) is 18.1 Å². The van der Waals surface area contributed by atoms with Gasteiger partial charge in [0, 0.05) is 18.1 Å². The van der Waals surface area contributed by atoms with E-state index in [1.165, 1.54) is 24.1 Å². The third-order valence-electron chi connectivity index (χ3n) is 5.56. The van der Waals surface area contributed by atoms with Crippen LogP contribution in [-0.2, 0) is 26.2 Å². The number of hydrogen-bond acceptors (Lipinski definition) is 4. The van der Waals surface area contributed by atoms with Gasteiger partial charge >= 0.3 is 0 Å². The third-order valence-corrected chi connectivity index (χ3v) is 7.84. The Morgan fingerprint density at radius 1 is 0.971 bits per heavy atom. The lowest BCUT2D eigenvalue weighted by molar-refractivity contribution is -0.139. The molecular formula is C26H28BrN3O4S. The molecule has 3 rings (SSSR count). The second kappa shape index (κ2) is 11.5. The van der Waals surface area contributed by atoms with Gasteiger partial charge in [-0.15, -0.1) is 0 Å². The maximum Gasteiger partial charge on any atom is 0.264 e.